The quantitative estimate of drug-likeness (QED) is 0.699. The molecule has 0 atom stereocenters. The monoisotopic (exact) mass is 198 g/mol. The summed E-state index contributed by atoms with van der Waals surface area (Å²) in [5, 5.41) is 3.01. The van der Waals surface area contributed by atoms with Gasteiger partial charge in [-0.15, -0.1) is 0 Å². The van der Waals surface area contributed by atoms with E-state index < -0.39 is 0 Å². The highest BCUT2D eigenvalue weighted by Gasteiger charge is 2.41. The van der Waals surface area contributed by atoms with Crippen LogP contribution in [0.15, 0.2) is 0 Å². The molecule has 14 heavy (non-hydrogen) atoms. The van der Waals surface area contributed by atoms with Gasteiger partial charge in [-0.05, 0) is 31.2 Å². The van der Waals surface area contributed by atoms with Crippen molar-refractivity contribution >= 4 is 5.91 Å². The number of hydrogen-bond acceptors (Lipinski definition) is 2. The van der Waals surface area contributed by atoms with E-state index in [9.17, 15) is 4.79 Å². The van der Waals surface area contributed by atoms with Crippen LogP contribution in [-0.4, -0.2) is 19.0 Å². The molecule has 3 heteroatoms. The Balaban J connectivity index is 2.35. The van der Waals surface area contributed by atoms with E-state index in [2.05, 4.69) is 5.32 Å². The Bertz CT molecular complexity index is 219. The van der Waals surface area contributed by atoms with Gasteiger partial charge in [-0.2, -0.15) is 0 Å². The first-order valence-electron chi connectivity index (χ1n) is 5.44. The maximum atomic E-state index is 11.7. The molecule has 0 bridgehead atoms. The number of amides is 1. The third kappa shape index (κ3) is 2.47. The Morgan fingerprint density at radius 2 is 2.07 bits per heavy atom. The number of carbonyl (C=O) groups is 1. The number of nitrogens with one attached hydrogen (secondary N) is 1. The van der Waals surface area contributed by atoms with Crippen LogP contribution in [0.4, 0.5) is 0 Å². The van der Waals surface area contributed by atoms with Crippen molar-refractivity contribution in [3.63, 3.8) is 0 Å². The molecular formula is C11H22N2O. The molecule has 0 radical (unpaired) electrons. The van der Waals surface area contributed by atoms with Crippen molar-refractivity contribution in [3.05, 3.63) is 0 Å². The van der Waals surface area contributed by atoms with Crippen molar-refractivity contribution in [2.24, 2.45) is 16.6 Å². The van der Waals surface area contributed by atoms with Crippen molar-refractivity contribution in [1.82, 2.24) is 5.32 Å². The first-order chi connectivity index (χ1) is 6.46. The number of hydrogen-bond donors (Lipinski definition) is 2. The van der Waals surface area contributed by atoms with Crippen LogP contribution in [0.2, 0.25) is 0 Å². The highest BCUT2D eigenvalue weighted by atomic mass is 16.2. The van der Waals surface area contributed by atoms with Crippen LogP contribution < -0.4 is 11.1 Å². The highest BCUT2D eigenvalue weighted by Crippen LogP contribution is 2.43. The lowest BCUT2D eigenvalue weighted by atomic mass is 9.89. The van der Waals surface area contributed by atoms with Gasteiger partial charge in [-0.3, -0.25) is 4.79 Å². The van der Waals surface area contributed by atoms with Crippen molar-refractivity contribution in [2.75, 3.05) is 13.1 Å². The fourth-order valence-electron chi connectivity index (χ4n) is 1.30. The topological polar surface area (TPSA) is 55.1 Å². The van der Waals surface area contributed by atoms with Crippen LogP contribution in [-0.2, 0) is 4.79 Å². The minimum atomic E-state index is -0.245. The molecule has 1 aliphatic carbocycles. The second-order valence-corrected chi connectivity index (χ2v) is 5.12. The van der Waals surface area contributed by atoms with Crippen LogP contribution in [0.25, 0.3) is 0 Å². The van der Waals surface area contributed by atoms with Gasteiger partial charge in [0.05, 0.1) is 0 Å². The van der Waals surface area contributed by atoms with Crippen LogP contribution in [0.3, 0.4) is 0 Å². The first kappa shape index (κ1) is 11.5. The average molecular weight is 198 g/mol. The Labute approximate surface area is 86.4 Å². The zero-order valence-corrected chi connectivity index (χ0v) is 9.52. The molecule has 0 saturated heterocycles. The van der Waals surface area contributed by atoms with Crippen molar-refractivity contribution < 1.29 is 4.79 Å². The molecule has 3 N–H and O–H groups in total. The fraction of sp³-hybridized carbons (Fsp3) is 0.909. The van der Waals surface area contributed by atoms with Gasteiger partial charge in [0.1, 0.15) is 0 Å². The summed E-state index contributed by atoms with van der Waals surface area (Å²) < 4.78 is 0. The minimum absolute atomic E-state index is 0.153. The molecule has 0 aromatic carbocycles. The second-order valence-electron chi connectivity index (χ2n) is 5.12. The molecule has 1 aliphatic rings. The molecule has 0 spiro atoms. The van der Waals surface area contributed by atoms with Gasteiger partial charge in [0.25, 0.3) is 0 Å². The van der Waals surface area contributed by atoms with Crippen molar-refractivity contribution in [1.29, 1.82) is 0 Å². The molecule has 1 fully saturated rings. The summed E-state index contributed by atoms with van der Waals surface area (Å²) in [5.41, 5.74) is 5.64. The normalized spacial score (nSPS) is 19.1. The first-order valence-corrected chi connectivity index (χ1v) is 5.44. The molecule has 1 amide bonds. The van der Waals surface area contributed by atoms with E-state index >= 15 is 0 Å². The minimum Gasteiger partial charge on any atom is -0.355 e. The number of carbonyl (C=O) groups excluding carboxylic acids is 1. The van der Waals surface area contributed by atoms with Crippen LogP contribution in [0.1, 0.15) is 40.0 Å². The van der Waals surface area contributed by atoms with E-state index in [-0.39, 0.29) is 16.7 Å². The van der Waals surface area contributed by atoms with Crippen molar-refractivity contribution in [2.45, 2.75) is 40.0 Å². The maximum absolute atomic E-state index is 11.7. The van der Waals surface area contributed by atoms with Crippen LogP contribution >= 0.6 is 0 Å². The van der Waals surface area contributed by atoms with Gasteiger partial charge >= 0.3 is 0 Å². The predicted octanol–water partition coefficient (Wildman–Crippen LogP) is 1.28. The molecule has 3 nitrogen and oxygen atoms in total. The average Bonchev–Trinajstić information content (AvgIpc) is 2.95. The Morgan fingerprint density at radius 1 is 1.50 bits per heavy atom. The molecular weight excluding hydrogens is 176 g/mol. The third-order valence-corrected chi connectivity index (χ3v) is 3.51. The molecule has 82 valence electrons. The fourth-order valence-corrected chi connectivity index (χ4v) is 1.30. The van der Waals surface area contributed by atoms with Gasteiger partial charge < -0.3 is 11.1 Å². The Morgan fingerprint density at radius 3 is 2.43 bits per heavy atom. The largest absolute Gasteiger partial charge is 0.355 e. The lowest BCUT2D eigenvalue weighted by Gasteiger charge is -2.23. The van der Waals surface area contributed by atoms with E-state index in [0.29, 0.717) is 6.54 Å². The van der Waals surface area contributed by atoms with Gasteiger partial charge in [-0.1, -0.05) is 20.8 Å². The SMILES string of the molecule is CCC(C)(C)C(=O)NCC1(CN)CC1. The summed E-state index contributed by atoms with van der Waals surface area (Å²) >= 11 is 0. The Kier molecular flexibility index (Phi) is 3.20. The van der Waals surface area contributed by atoms with Gasteiger partial charge in [0.2, 0.25) is 5.91 Å². The summed E-state index contributed by atoms with van der Waals surface area (Å²) in [4.78, 5) is 11.7. The predicted molar refractivity (Wildman–Crippen MR) is 57.8 cm³/mol. The van der Waals surface area contributed by atoms with E-state index in [0.717, 1.165) is 25.8 Å². The van der Waals surface area contributed by atoms with Gasteiger partial charge in [0.15, 0.2) is 0 Å². The van der Waals surface area contributed by atoms with E-state index in [1.54, 1.807) is 0 Å². The Hall–Kier alpha value is -0.570. The molecule has 1 rings (SSSR count). The standard InChI is InChI=1S/C11H22N2O/c1-4-10(2,3)9(14)13-8-11(7-12)5-6-11/h4-8,12H2,1-3H3,(H,13,14). The summed E-state index contributed by atoms with van der Waals surface area (Å²) in [6.07, 6.45) is 3.20. The van der Waals surface area contributed by atoms with Crippen LogP contribution in [0, 0.1) is 10.8 Å². The smallest absolute Gasteiger partial charge is 0.225 e. The van der Waals surface area contributed by atoms with Gasteiger partial charge in [0, 0.05) is 12.0 Å². The lowest BCUT2D eigenvalue weighted by molar-refractivity contribution is -0.129. The number of rotatable bonds is 5. The zero-order valence-electron chi connectivity index (χ0n) is 9.52. The molecule has 0 heterocycles. The van der Waals surface area contributed by atoms with Gasteiger partial charge in [-0.25, -0.2) is 0 Å². The summed E-state index contributed by atoms with van der Waals surface area (Å²) in [7, 11) is 0. The summed E-state index contributed by atoms with van der Waals surface area (Å²) in [6, 6.07) is 0. The molecule has 1 saturated carbocycles. The maximum Gasteiger partial charge on any atom is 0.225 e. The zero-order chi connectivity index (χ0) is 10.8. The van der Waals surface area contributed by atoms with E-state index in [1.807, 2.05) is 20.8 Å². The second kappa shape index (κ2) is 3.89. The summed E-state index contributed by atoms with van der Waals surface area (Å²) in [5.74, 6) is 0.153. The molecule has 0 aliphatic heterocycles. The van der Waals surface area contributed by atoms with Crippen LogP contribution in [0.5, 0.6) is 0 Å². The van der Waals surface area contributed by atoms with E-state index in [4.69, 9.17) is 5.73 Å². The lowest BCUT2D eigenvalue weighted by Crippen LogP contribution is -2.41. The third-order valence-electron chi connectivity index (χ3n) is 3.51. The molecule has 0 unspecified atom stereocenters. The summed E-state index contributed by atoms with van der Waals surface area (Å²) in [6.45, 7) is 7.44. The molecule has 0 aromatic heterocycles. The van der Waals surface area contributed by atoms with Crippen molar-refractivity contribution in [3.8, 4) is 0 Å². The molecule has 0 aromatic rings. The number of nitrogens with two attached hydrogens (primary N) is 1. The van der Waals surface area contributed by atoms with E-state index in [1.165, 1.54) is 0 Å². The highest BCUT2D eigenvalue weighted by molar-refractivity contribution is 5.81.